The maximum absolute atomic E-state index is 8.68. The van der Waals surface area contributed by atoms with Crippen LogP contribution in [0.1, 0.15) is 17.5 Å². The highest BCUT2D eigenvalue weighted by Crippen LogP contribution is 2.17. The predicted molar refractivity (Wildman–Crippen MR) is 73.0 cm³/mol. The van der Waals surface area contributed by atoms with Crippen LogP contribution in [0.2, 0.25) is 0 Å². The van der Waals surface area contributed by atoms with Gasteiger partial charge in [0.1, 0.15) is 0 Å². The molecule has 0 radical (unpaired) electrons. The Hall–Kier alpha value is -1.57. The summed E-state index contributed by atoms with van der Waals surface area (Å²) >= 11 is 0. The van der Waals surface area contributed by atoms with Gasteiger partial charge in [0.05, 0.1) is 12.7 Å². The van der Waals surface area contributed by atoms with E-state index in [4.69, 9.17) is 15.7 Å². The zero-order valence-corrected chi connectivity index (χ0v) is 11.1. The molecular weight excluding hydrogens is 226 g/mol. The minimum absolute atomic E-state index is 0.533. The van der Waals surface area contributed by atoms with E-state index in [2.05, 4.69) is 17.0 Å². The minimum Gasteiger partial charge on any atom is -0.399 e. The van der Waals surface area contributed by atoms with Crippen molar-refractivity contribution in [2.75, 3.05) is 32.5 Å². The highest BCUT2D eigenvalue weighted by atomic mass is 16.5. The monoisotopic (exact) mass is 247 g/mol. The fraction of sp³-hybridized carbons (Fsp3) is 0.500. The van der Waals surface area contributed by atoms with Crippen LogP contribution in [0, 0.1) is 18.3 Å². The van der Waals surface area contributed by atoms with Gasteiger partial charge >= 0.3 is 0 Å². The first kappa shape index (κ1) is 14.5. The van der Waals surface area contributed by atoms with Crippen LogP contribution in [0.15, 0.2) is 18.2 Å². The van der Waals surface area contributed by atoms with E-state index >= 15 is 0 Å². The SMILES string of the molecule is COCCN(CCC#N)Cc1cccc(N)c1C. The average molecular weight is 247 g/mol. The smallest absolute Gasteiger partial charge is 0.0635 e. The molecule has 0 unspecified atom stereocenters. The predicted octanol–water partition coefficient (Wildman–Crippen LogP) is 1.94. The molecule has 0 aliphatic carbocycles. The van der Waals surface area contributed by atoms with Crippen molar-refractivity contribution in [3.8, 4) is 6.07 Å². The Morgan fingerprint density at radius 2 is 2.17 bits per heavy atom. The number of nitrogens with two attached hydrogens (primary N) is 1. The molecule has 0 saturated carbocycles. The van der Waals surface area contributed by atoms with Gasteiger partial charge in [0, 0.05) is 38.9 Å². The van der Waals surface area contributed by atoms with E-state index in [1.165, 1.54) is 5.56 Å². The molecule has 98 valence electrons. The first-order chi connectivity index (χ1) is 8.69. The van der Waals surface area contributed by atoms with Crippen LogP contribution in [0.3, 0.4) is 0 Å². The molecule has 0 spiro atoms. The third-order valence-electron chi connectivity index (χ3n) is 3.03. The number of methoxy groups -OCH3 is 1. The van der Waals surface area contributed by atoms with E-state index in [0.29, 0.717) is 13.0 Å². The third kappa shape index (κ3) is 4.36. The summed E-state index contributed by atoms with van der Waals surface area (Å²) in [6.07, 6.45) is 0.533. The Labute approximate surface area is 109 Å². The third-order valence-corrected chi connectivity index (χ3v) is 3.03. The van der Waals surface area contributed by atoms with Gasteiger partial charge in [0.25, 0.3) is 0 Å². The molecule has 0 aliphatic heterocycles. The summed E-state index contributed by atoms with van der Waals surface area (Å²) in [5.74, 6) is 0. The summed E-state index contributed by atoms with van der Waals surface area (Å²) in [6.45, 7) is 5.10. The molecule has 0 aromatic heterocycles. The van der Waals surface area contributed by atoms with Crippen molar-refractivity contribution in [3.05, 3.63) is 29.3 Å². The number of benzene rings is 1. The van der Waals surface area contributed by atoms with Gasteiger partial charge in [-0.05, 0) is 24.1 Å². The topological polar surface area (TPSA) is 62.3 Å². The van der Waals surface area contributed by atoms with Gasteiger partial charge in [-0.3, -0.25) is 4.90 Å². The summed E-state index contributed by atoms with van der Waals surface area (Å²) in [5.41, 5.74) is 9.05. The van der Waals surface area contributed by atoms with Gasteiger partial charge in [-0.25, -0.2) is 0 Å². The lowest BCUT2D eigenvalue weighted by molar-refractivity contribution is 0.145. The lowest BCUT2D eigenvalue weighted by atomic mass is 10.1. The summed E-state index contributed by atoms with van der Waals surface area (Å²) in [5, 5.41) is 8.68. The Balaban J connectivity index is 2.69. The molecule has 0 aliphatic rings. The number of nitriles is 1. The van der Waals surface area contributed by atoms with Gasteiger partial charge in [-0.15, -0.1) is 0 Å². The summed E-state index contributed by atoms with van der Waals surface area (Å²) in [6, 6.07) is 8.14. The Kier molecular flexibility index (Phi) is 6.20. The minimum atomic E-state index is 0.533. The lowest BCUT2D eigenvalue weighted by Gasteiger charge is -2.22. The van der Waals surface area contributed by atoms with Crippen LogP contribution in [-0.4, -0.2) is 31.7 Å². The highest BCUT2D eigenvalue weighted by molar-refractivity contribution is 5.49. The van der Waals surface area contributed by atoms with Crippen molar-refractivity contribution < 1.29 is 4.74 Å². The van der Waals surface area contributed by atoms with Gasteiger partial charge in [0.15, 0.2) is 0 Å². The van der Waals surface area contributed by atoms with Crippen molar-refractivity contribution in [1.82, 2.24) is 4.90 Å². The van der Waals surface area contributed by atoms with E-state index < -0.39 is 0 Å². The van der Waals surface area contributed by atoms with Crippen LogP contribution in [-0.2, 0) is 11.3 Å². The van der Waals surface area contributed by atoms with E-state index in [-0.39, 0.29) is 0 Å². The van der Waals surface area contributed by atoms with E-state index in [1.807, 2.05) is 19.1 Å². The Morgan fingerprint density at radius 3 is 2.83 bits per heavy atom. The average Bonchev–Trinajstić information content (AvgIpc) is 2.38. The molecule has 18 heavy (non-hydrogen) atoms. The summed E-state index contributed by atoms with van der Waals surface area (Å²) in [7, 11) is 1.69. The second kappa shape index (κ2) is 7.70. The number of ether oxygens (including phenoxy) is 1. The van der Waals surface area contributed by atoms with Crippen molar-refractivity contribution in [2.45, 2.75) is 19.9 Å². The summed E-state index contributed by atoms with van der Waals surface area (Å²) < 4.78 is 5.09. The largest absolute Gasteiger partial charge is 0.399 e. The molecule has 1 rings (SSSR count). The number of hydrogen-bond acceptors (Lipinski definition) is 4. The molecule has 4 heteroatoms. The van der Waals surface area contributed by atoms with Crippen LogP contribution in [0.25, 0.3) is 0 Å². The van der Waals surface area contributed by atoms with E-state index in [0.717, 1.165) is 30.9 Å². The molecule has 1 aromatic carbocycles. The van der Waals surface area contributed by atoms with Crippen molar-refractivity contribution >= 4 is 5.69 Å². The quantitative estimate of drug-likeness (QED) is 0.748. The number of nitrogen functional groups attached to an aromatic ring is 1. The van der Waals surface area contributed by atoms with Crippen molar-refractivity contribution in [2.24, 2.45) is 0 Å². The van der Waals surface area contributed by atoms with Gasteiger partial charge < -0.3 is 10.5 Å². The molecule has 0 saturated heterocycles. The first-order valence-corrected chi connectivity index (χ1v) is 6.11. The summed E-state index contributed by atoms with van der Waals surface area (Å²) in [4.78, 5) is 2.22. The molecular formula is C14H21N3O. The molecule has 0 amide bonds. The zero-order valence-electron chi connectivity index (χ0n) is 11.1. The molecule has 2 N–H and O–H groups in total. The van der Waals surface area contributed by atoms with Crippen LogP contribution < -0.4 is 5.73 Å². The van der Waals surface area contributed by atoms with Crippen LogP contribution in [0.4, 0.5) is 5.69 Å². The second-order valence-electron chi connectivity index (χ2n) is 4.31. The Bertz CT molecular complexity index is 412. The van der Waals surface area contributed by atoms with Gasteiger partial charge in [-0.2, -0.15) is 5.26 Å². The molecule has 4 nitrogen and oxygen atoms in total. The number of anilines is 1. The van der Waals surface area contributed by atoms with E-state index in [9.17, 15) is 0 Å². The lowest BCUT2D eigenvalue weighted by Crippen LogP contribution is -2.28. The fourth-order valence-corrected chi connectivity index (χ4v) is 1.81. The highest BCUT2D eigenvalue weighted by Gasteiger charge is 2.08. The van der Waals surface area contributed by atoms with Gasteiger partial charge in [-0.1, -0.05) is 12.1 Å². The molecule has 0 atom stereocenters. The van der Waals surface area contributed by atoms with Crippen LogP contribution in [0.5, 0.6) is 0 Å². The Morgan fingerprint density at radius 1 is 1.39 bits per heavy atom. The van der Waals surface area contributed by atoms with Crippen LogP contribution >= 0.6 is 0 Å². The molecule has 0 bridgehead atoms. The maximum Gasteiger partial charge on any atom is 0.0635 e. The first-order valence-electron chi connectivity index (χ1n) is 6.11. The maximum atomic E-state index is 8.68. The normalized spacial score (nSPS) is 10.6. The second-order valence-corrected chi connectivity index (χ2v) is 4.31. The molecule has 0 heterocycles. The molecule has 0 fully saturated rings. The van der Waals surface area contributed by atoms with E-state index in [1.54, 1.807) is 7.11 Å². The van der Waals surface area contributed by atoms with Crippen molar-refractivity contribution in [3.63, 3.8) is 0 Å². The number of hydrogen-bond donors (Lipinski definition) is 1. The standard InChI is InChI=1S/C14H21N3O/c1-12-13(5-3-6-14(12)16)11-17(8-4-7-15)9-10-18-2/h3,5-6H,4,8-11,16H2,1-2H3. The van der Waals surface area contributed by atoms with Gasteiger partial charge in [0.2, 0.25) is 0 Å². The zero-order chi connectivity index (χ0) is 13.4. The van der Waals surface area contributed by atoms with Crippen molar-refractivity contribution in [1.29, 1.82) is 5.26 Å². The number of rotatable bonds is 7. The fourth-order valence-electron chi connectivity index (χ4n) is 1.81. The number of nitrogens with zero attached hydrogens (tertiary/aromatic N) is 2. The molecule has 1 aromatic rings.